The van der Waals surface area contributed by atoms with Crippen molar-refractivity contribution in [3.05, 3.63) is 33.2 Å². The van der Waals surface area contributed by atoms with Crippen LogP contribution in [0.4, 0.5) is 0 Å². The van der Waals surface area contributed by atoms with Gasteiger partial charge in [0.1, 0.15) is 5.56 Å². The summed E-state index contributed by atoms with van der Waals surface area (Å²) in [7, 11) is 0. The van der Waals surface area contributed by atoms with Crippen LogP contribution in [0.3, 0.4) is 0 Å². The van der Waals surface area contributed by atoms with Gasteiger partial charge in [-0.05, 0) is 37.3 Å². The number of rotatable bonds is 5. The highest BCUT2D eigenvalue weighted by Crippen LogP contribution is 2.05. The van der Waals surface area contributed by atoms with E-state index >= 15 is 0 Å². The van der Waals surface area contributed by atoms with Crippen molar-refractivity contribution in [3.63, 3.8) is 0 Å². The summed E-state index contributed by atoms with van der Waals surface area (Å²) in [5.41, 5.74) is 1.73. The van der Waals surface area contributed by atoms with Gasteiger partial charge in [0, 0.05) is 12.2 Å². The highest BCUT2D eigenvalue weighted by Gasteiger charge is 2.12. The number of aromatic nitrogens is 1. The maximum absolute atomic E-state index is 11.9. The van der Waals surface area contributed by atoms with Gasteiger partial charge in [0.2, 0.25) is 0 Å². The minimum Gasteiger partial charge on any atom is -0.352 e. The van der Waals surface area contributed by atoms with E-state index in [9.17, 15) is 9.59 Å². The second-order valence-electron chi connectivity index (χ2n) is 4.97. The fourth-order valence-electron chi connectivity index (χ4n) is 1.78. The van der Waals surface area contributed by atoms with Gasteiger partial charge < -0.3 is 10.3 Å². The van der Waals surface area contributed by atoms with Crippen molar-refractivity contribution >= 4 is 5.91 Å². The van der Waals surface area contributed by atoms with Crippen molar-refractivity contribution in [1.82, 2.24) is 10.3 Å². The molecule has 0 bridgehead atoms. The average Bonchev–Trinajstić information content (AvgIpc) is 2.30. The van der Waals surface area contributed by atoms with Gasteiger partial charge in [0.05, 0.1) is 0 Å². The van der Waals surface area contributed by atoms with Crippen LogP contribution in [0.2, 0.25) is 0 Å². The van der Waals surface area contributed by atoms with Gasteiger partial charge in [0.25, 0.3) is 11.5 Å². The van der Waals surface area contributed by atoms with E-state index in [0.717, 1.165) is 24.1 Å². The van der Waals surface area contributed by atoms with E-state index in [0.29, 0.717) is 12.5 Å². The average molecular weight is 250 g/mol. The Morgan fingerprint density at radius 2 is 2.11 bits per heavy atom. The van der Waals surface area contributed by atoms with Gasteiger partial charge in [-0.3, -0.25) is 9.59 Å². The second-order valence-corrected chi connectivity index (χ2v) is 4.97. The number of aryl methyl sites for hydroxylation is 2. The fourth-order valence-corrected chi connectivity index (χ4v) is 1.78. The van der Waals surface area contributed by atoms with Gasteiger partial charge >= 0.3 is 0 Å². The quantitative estimate of drug-likeness (QED) is 0.840. The Morgan fingerprint density at radius 1 is 1.44 bits per heavy atom. The Morgan fingerprint density at radius 3 is 2.67 bits per heavy atom. The van der Waals surface area contributed by atoms with Crippen molar-refractivity contribution in [2.75, 3.05) is 6.54 Å². The van der Waals surface area contributed by atoms with Crippen LogP contribution in [0.15, 0.2) is 10.9 Å². The number of hydrogen-bond donors (Lipinski definition) is 2. The molecule has 0 aliphatic rings. The number of hydrogen-bond acceptors (Lipinski definition) is 2. The first-order valence-corrected chi connectivity index (χ1v) is 6.46. The zero-order valence-corrected chi connectivity index (χ0v) is 11.6. The Balaban J connectivity index is 2.80. The zero-order chi connectivity index (χ0) is 13.7. The molecule has 0 spiro atoms. The molecule has 1 aromatic heterocycles. The number of nitrogens with one attached hydrogen (secondary N) is 2. The van der Waals surface area contributed by atoms with Crippen molar-refractivity contribution in [2.45, 2.75) is 40.5 Å². The zero-order valence-electron chi connectivity index (χ0n) is 11.6. The van der Waals surface area contributed by atoms with Crippen LogP contribution < -0.4 is 10.9 Å². The van der Waals surface area contributed by atoms with E-state index in [2.05, 4.69) is 24.1 Å². The van der Waals surface area contributed by atoms with Crippen molar-refractivity contribution in [2.24, 2.45) is 5.92 Å². The second kappa shape index (κ2) is 6.38. The van der Waals surface area contributed by atoms with Crippen molar-refractivity contribution < 1.29 is 4.79 Å². The number of carbonyl (C=O) groups is 1. The standard InChI is InChI=1S/C14H22N2O2/c1-5-12-10(4)8-11(14(18)16-12)13(17)15-7-6-9(2)3/h8-9H,5-7H2,1-4H3,(H,15,17)(H,16,18). The molecule has 0 saturated heterocycles. The highest BCUT2D eigenvalue weighted by atomic mass is 16.2. The van der Waals surface area contributed by atoms with Gasteiger partial charge in [-0.25, -0.2) is 0 Å². The molecule has 0 aromatic carbocycles. The molecule has 100 valence electrons. The normalized spacial score (nSPS) is 10.7. The molecule has 4 heteroatoms. The first kappa shape index (κ1) is 14.5. The Labute approximate surface area is 108 Å². The molecule has 1 heterocycles. The SMILES string of the molecule is CCc1[nH]c(=O)c(C(=O)NCCC(C)C)cc1C. The van der Waals surface area contributed by atoms with E-state index in [1.807, 2.05) is 13.8 Å². The van der Waals surface area contributed by atoms with E-state index in [1.54, 1.807) is 6.07 Å². The third kappa shape index (κ3) is 3.72. The molecule has 0 aliphatic carbocycles. The summed E-state index contributed by atoms with van der Waals surface area (Å²) >= 11 is 0. The van der Waals surface area contributed by atoms with Crippen LogP contribution in [-0.4, -0.2) is 17.4 Å². The topological polar surface area (TPSA) is 62.0 Å². The molecule has 1 amide bonds. The van der Waals surface area contributed by atoms with E-state index < -0.39 is 0 Å². The van der Waals surface area contributed by atoms with Crippen LogP contribution >= 0.6 is 0 Å². The minimum atomic E-state index is -0.306. The molecule has 4 nitrogen and oxygen atoms in total. The summed E-state index contributed by atoms with van der Waals surface area (Å²) in [6.07, 6.45) is 1.67. The summed E-state index contributed by atoms with van der Waals surface area (Å²) in [4.78, 5) is 26.4. The number of H-pyrrole nitrogens is 1. The van der Waals surface area contributed by atoms with Gasteiger partial charge in [-0.1, -0.05) is 20.8 Å². The first-order valence-electron chi connectivity index (χ1n) is 6.46. The molecule has 18 heavy (non-hydrogen) atoms. The molecule has 1 rings (SSSR count). The Hall–Kier alpha value is -1.58. The molecule has 0 atom stereocenters. The van der Waals surface area contributed by atoms with Crippen LogP contribution in [0.25, 0.3) is 0 Å². The van der Waals surface area contributed by atoms with Crippen molar-refractivity contribution in [3.8, 4) is 0 Å². The van der Waals surface area contributed by atoms with Gasteiger partial charge in [-0.15, -0.1) is 0 Å². The first-order chi connectivity index (χ1) is 8.45. The van der Waals surface area contributed by atoms with Gasteiger partial charge in [-0.2, -0.15) is 0 Å². The number of amides is 1. The Bertz CT molecular complexity index is 475. The summed E-state index contributed by atoms with van der Waals surface area (Å²) in [5, 5.41) is 2.78. The third-order valence-electron chi connectivity index (χ3n) is 2.95. The lowest BCUT2D eigenvalue weighted by Gasteiger charge is -2.08. The van der Waals surface area contributed by atoms with Crippen molar-refractivity contribution in [1.29, 1.82) is 0 Å². The molecule has 0 unspecified atom stereocenters. The third-order valence-corrected chi connectivity index (χ3v) is 2.95. The number of aromatic amines is 1. The van der Waals surface area contributed by atoms with Gasteiger partial charge in [0.15, 0.2) is 0 Å². The molecule has 0 radical (unpaired) electrons. The van der Waals surface area contributed by atoms with Crippen LogP contribution in [-0.2, 0) is 6.42 Å². The predicted molar refractivity (Wildman–Crippen MR) is 73.0 cm³/mol. The Kier molecular flexibility index (Phi) is 5.13. The molecular weight excluding hydrogens is 228 g/mol. The monoisotopic (exact) mass is 250 g/mol. The van der Waals surface area contributed by atoms with E-state index in [-0.39, 0.29) is 17.0 Å². The molecule has 0 saturated carbocycles. The van der Waals surface area contributed by atoms with E-state index in [1.165, 1.54) is 0 Å². The minimum absolute atomic E-state index is 0.202. The van der Waals surface area contributed by atoms with E-state index in [4.69, 9.17) is 0 Å². The van der Waals surface area contributed by atoms with Crippen LogP contribution in [0.1, 0.15) is 48.8 Å². The maximum atomic E-state index is 11.9. The maximum Gasteiger partial charge on any atom is 0.261 e. The molecule has 2 N–H and O–H groups in total. The molecule has 0 aliphatic heterocycles. The highest BCUT2D eigenvalue weighted by molar-refractivity contribution is 5.93. The van der Waals surface area contributed by atoms with Crippen LogP contribution in [0, 0.1) is 12.8 Å². The van der Waals surface area contributed by atoms with Crippen LogP contribution in [0.5, 0.6) is 0 Å². The largest absolute Gasteiger partial charge is 0.352 e. The summed E-state index contributed by atoms with van der Waals surface area (Å²) in [6.45, 7) is 8.67. The summed E-state index contributed by atoms with van der Waals surface area (Å²) in [6, 6.07) is 1.67. The lowest BCUT2D eigenvalue weighted by atomic mass is 10.1. The summed E-state index contributed by atoms with van der Waals surface area (Å²) < 4.78 is 0. The number of pyridine rings is 1. The molecule has 0 fully saturated rings. The number of carbonyl (C=O) groups excluding carboxylic acids is 1. The molecule has 1 aromatic rings. The predicted octanol–water partition coefficient (Wildman–Crippen LogP) is 2.02. The lowest BCUT2D eigenvalue weighted by Crippen LogP contribution is -2.31. The smallest absolute Gasteiger partial charge is 0.261 e. The summed E-state index contributed by atoms with van der Waals surface area (Å²) in [5.74, 6) is 0.246. The fraction of sp³-hybridized carbons (Fsp3) is 0.571. The molecular formula is C14H22N2O2. The lowest BCUT2D eigenvalue weighted by molar-refractivity contribution is 0.0950.